The van der Waals surface area contributed by atoms with E-state index >= 15 is 0 Å². The Bertz CT molecular complexity index is 329. The molecule has 2 rings (SSSR count). The molecule has 0 aromatic carbocycles. The molecule has 3 atom stereocenters. The molecular formula is C15H31N3O. The first-order valence-corrected chi connectivity index (χ1v) is 7.52. The molecule has 2 aliphatic rings. The van der Waals surface area contributed by atoms with Crippen molar-refractivity contribution in [1.82, 2.24) is 9.80 Å². The van der Waals surface area contributed by atoms with Crippen LogP contribution in [0.1, 0.15) is 34.6 Å². The van der Waals surface area contributed by atoms with Crippen molar-refractivity contribution in [3.63, 3.8) is 0 Å². The molecule has 2 fully saturated rings. The van der Waals surface area contributed by atoms with Crippen LogP contribution in [-0.4, -0.2) is 66.3 Å². The minimum Gasteiger partial charge on any atom is -0.368 e. The number of likely N-dealkylation sites (N-methyl/N-ethyl adjacent to an activating group) is 1. The van der Waals surface area contributed by atoms with Gasteiger partial charge in [-0.3, -0.25) is 0 Å². The first-order chi connectivity index (χ1) is 8.63. The van der Waals surface area contributed by atoms with Gasteiger partial charge in [0.25, 0.3) is 0 Å². The number of hydrogen-bond acceptors (Lipinski definition) is 4. The zero-order valence-electron chi connectivity index (χ0n) is 13.4. The Balaban J connectivity index is 2.02. The highest BCUT2D eigenvalue weighted by Gasteiger charge is 2.52. The number of piperazine rings is 1. The second kappa shape index (κ2) is 4.99. The first-order valence-electron chi connectivity index (χ1n) is 7.52. The van der Waals surface area contributed by atoms with Gasteiger partial charge in [-0.2, -0.15) is 0 Å². The Labute approximate surface area is 118 Å². The van der Waals surface area contributed by atoms with Crippen molar-refractivity contribution in [2.24, 2.45) is 11.7 Å². The third-order valence-corrected chi connectivity index (χ3v) is 5.15. The van der Waals surface area contributed by atoms with E-state index in [-0.39, 0.29) is 17.2 Å². The molecule has 0 radical (unpaired) electrons. The fourth-order valence-electron chi connectivity index (χ4n) is 3.64. The lowest BCUT2D eigenvalue weighted by atomic mass is 9.82. The normalized spacial score (nSPS) is 39.6. The molecule has 0 amide bonds. The number of ether oxygens (including phenoxy) is 1. The first kappa shape index (κ1) is 15.2. The fourth-order valence-corrected chi connectivity index (χ4v) is 3.64. The molecule has 2 aliphatic heterocycles. The van der Waals surface area contributed by atoms with Gasteiger partial charge in [-0.05, 0) is 41.7 Å². The summed E-state index contributed by atoms with van der Waals surface area (Å²) < 4.78 is 6.19. The van der Waals surface area contributed by atoms with Crippen LogP contribution in [0.2, 0.25) is 0 Å². The van der Waals surface area contributed by atoms with Crippen molar-refractivity contribution in [2.75, 3.05) is 33.2 Å². The van der Waals surface area contributed by atoms with Crippen molar-refractivity contribution in [3.05, 3.63) is 0 Å². The summed E-state index contributed by atoms with van der Waals surface area (Å²) in [7, 11) is 2.21. The molecule has 112 valence electrons. The number of hydrogen-bond donors (Lipinski definition) is 1. The summed E-state index contributed by atoms with van der Waals surface area (Å²) in [5.74, 6) is 0.401. The summed E-state index contributed by atoms with van der Waals surface area (Å²) in [4.78, 5) is 4.98. The quantitative estimate of drug-likeness (QED) is 0.817. The monoisotopic (exact) mass is 269 g/mol. The van der Waals surface area contributed by atoms with Crippen molar-refractivity contribution in [2.45, 2.75) is 57.9 Å². The number of rotatable bonds is 2. The second-order valence-electron chi connectivity index (χ2n) is 7.53. The van der Waals surface area contributed by atoms with Gasteiger partial charge in [-0.25, -0.2) is 0 Å². The van der Waals surface area contributed by atoms with Crippen molar-refractivity contribution in [3.8, 4) is 0 Å². The van der Waals surface area contributed by atoms with Gasteiger partial charge < -0.3 is 20.3 Å². The molecule has 0 aromatic heterocycles. The lowest BCUT2D eigenvalue weighted by molar-refractivity contribution is -0.0794. The summed E-state index contributed by atoms with van der Waals surface area (Å²) in [5, 5.41) is 0. The predicted octanol–water partition coefficient (Wildman–Crippen LogP) is 1.15. The molecule has 19 heavy (non-hydrogen) atoms. The lowest BCUT2D eigenvalue weighted by Gasteiger charge is -2.40. The molecule has 3 unspecified atom stereocenters. The van der Waals surface area contributed by atoms with Gasteiger partial charge in [0.1, 0.15) is 0 Å². The van der Waals surface area contributed by atoms with Crippen LogP contribution in [0.4, 0.5) is 0 Å². The van der Waals surface area contributed by atoms with E-state index in [2.05, 4.69) is 51.5 Å². The minimum atomic E-state index is -0.216. The van der Waals surface area contributed by atoms with E-state index in [1.54, 1.807) is 0 Å². The van der Waals surface area contributed by atoms with Crippen LogP contribution in [0.3, 0.4) is 0 Å². The summed E-state index contributed by atoms with van der Waals surface area (Å²) in [6, 6.07) is 0.737. The largest absolute Gasteiger partial charge is 0.368 e. The maximum atomic E-state index is 6.45. The van der Waals surface area contributed by atoms with Crippen LogP contribution in [-0.2, 0) is 4.74 Å². The standard InChI is InChI=1S/C15H31N3O/c1-11-9-18(8-7-17(11)6)10-12-13(16)15(4,5)19-14(12,2)3/h11-13H,7-10,16H2,1-6H3. The van der Waals surface area contributed by atoms with Gasteiger partial charge in [-0.1, -0.05) is 0 Å². The molecule has 4 nitrogen and oxygen atoms in total. The van der Waals surface area contributed by atoms with E-state index in [9.17, 15) is 0 Å². The van der Waals surface area contributed by atoms with Gasteiger partial charge >= 0.3 is 0 Å². The van der Waals surface area contributed by atoms with Crippen molar-refractivity contribution in [1.29, 1.82) is 0 Å². The van der Waals surface area contributed by atoms with E-state index < -0.39 is 0 Å². The van der Waals surface area contributed by atoms with Crippen molar-refractivity contribution >= 4 is 0 Å². The van der Waals surface area contributed by atoms with E-state index in [0.29, 0.717) is 12.0 Å². The topological polar surface area (TPSA) is 41.7 Å². The molecule has 0 spiro atoms. The number of nitrogens with two attached hydrogens (primary N) is 1. The highest BCUT2D eigenvalue weighted by atomic mass is 16.5. The van der Waals surface area contributed by atoms with Crippen LogP contribution in [0.5, 0.6) is 0 Å². The van der Waals surface area contributed by atoms with Gasteiger partial charge in [-0.15, -0.1) is 0 Å². The molecule has 0 bridgehead atoms. The smallest absolute Gasteiger partial charge is 0.0788 e. The van der Waals surface area contributed by atoms with Crippen LogP contribution < -0.4 is 5.73 Å². The summed E-state index contributed by atoms with van der Waals surface area (Å²) >= 11 is 0. The molecule has 2 saturated heterocycles. The fraction of sp³-hybridized carbons (Fsp3) is 1.00. The molecule has 2 N–H and O–H groups in total. The Hall–Kier alpha value is -0.160. The second-order valence-corrected chi connectivity index (χ2v) is 7.53. The van der Waals surface area contributed by atoms with Crippen LogP contribution >= 0.6 is 0 Å². The van der Waals surface area contributed by atoms with E-state index in [1.165, 1.54) is 0 Å². The molecule has 0 aromatic rings. The highest BCUT2D eigenvalue weighted by molar-refractivity contribution is 5.05. The average molecular weight is 269 g/mol. The highest BCUT2D eigenvalue weighted by Crippen LogP contribution is 2.41. The van der Waals surface area contributed by atoms with Gasteiger partial charge in [0.05, 0.1) is 11.2 Å². The summed E-state index contributed by atoms with van der Waals surface area (Å²) in [5.41, 5.74) is 6.10. The third-order valence-electron chi connectivity index (χ3n) is 5.15. The Morgan fingerprint density at radius 3 is 2.26 bits per heavy atom. The minimum absolute atomic E-state index is 0.109. The van der Waals surface area contributed by atoms with Crippen LogP contribution in [0.15, 0.2) is 0 Å². The van der Waals surface area contributed by atoms with Gasteiger partial charge in [0.15, 0.2) is 0 Å². The maximum Gasteiger partial charge on any atom is 0.0788 e. The number of nitrogens with zero attached hydrogens (tertiary/aromatic N) is 2. The average Bonchev–Trinajstić information content (AvgIpc) is 2.42. The zero-order valence-corrected chi connectivity index (χ0v) is 13.4. The van der Waals surface area contributed by atoms with E-state index in [0.717, 1.165) is 26.2 Å². The SMILES string of the molecule is CC1CN(CC2C(N)C(C)(C)OC2(C)C)CCN1C. The Morgan fingerprint density at radius 2 is 1.79 bits per heavy atom. The molecule has 0 aliphatic carbocycles. The Morgan fingerprint density at radius 1 is 1.16 bits per heavy atom. The molecule has 4 heteroatoms. The summed E-state index contributed by atoms with van der Waals surface area (Å²) in [6.45, 7) is 15.4. The predicted molar refractivity (Wildman–Crippen MR) is 79.2 cm³/mol. The van der Waals surface area contributed by atoms with Gasteiger partial charge in [0, 0.05) is 44.2 Å². The summed E-state index contributed by atoms with van der Waals surface area (Å²) in [6.07, 6.45) is 0. The van der Waals surface area contributed by atoms with Crippen LogP contribution in [0, 0.1) is 5.92 Å². The van der Waals surface area contributed by atoms with E-state index in [4.69, 9.17) is 10.5 Å². The van der Waals surface area contributed by atoms with E-state index in [1.807, 2.05) is 0 Å². The third kappa shape index (κ3) is 2.97. The van der Waals surface area contributed by atoms with Crippen molar-refractivity contribution < 1.29 is 4.74 Å². The lowest BCUT2D eigenvalue weighted by Crippen LogP contribution is -2.54. The molecule has 0 saturated carbocycles. The maximum absolute atomic E-state index is 6.45. The zero-order chi connectivity index (χ0) is 14.4. The Kier molecular flexibility index (Phi) is 4.00. The molecule has 2 heterocycles. The molecular weight excluding hydrogens is 238 g/mol. The van der Waals surface area contributed by atoms with Gasteiger partial charge in [0.2, 0.25) is 0 Å². The van der Waals surface area contributed by atoms with Crippen LogP contribution in [0.25, 0.3) is 0 Å².